The molecule has 2 aromatic carbocycles. The number of rotatable bonds is 12. The van der Waals surface area contributed by atoms with E-state index in [9.17, 15) is 19.2 Å². The van der Waals surface area contributed by atoms with Gasteiger partial charge in [-0.1, -0.05) is 24.3 Å². The van der Waals surface area contributed by atoms with Gasteiger partial charge in [0.25, 0.3) is 0 Å². The van der Waals surface area contributed by atoms with Gasteiger partial charge in [-0.15, -0.1) is 0 Å². The first-order valence-corrected chi connectivity index (χ1v) is 11.3. The average molecular weight is 512 g/mol. The molecule has 10 heteroatoms. The van der Waals surface area contributed by atoms with E-state index in [0.29, 0.717) is 22.6 Å². The number of hydrogen-bond donors (Lipinski definition) is 2. The van der Waals surface area contributed by atoms with E-state index in [1.54, 1.807) is 37.3 Å². The Kier molecular flexibility index (Phi) is 10.7. The van der Waals surface area contributed by atoms with Crippen LogP contribution in [0.1, 0.15) is 31.4 Å². The van der Waals surface area contributed by atoms with E-state index in [0.717, 1.165) is 0 Å². The van der Waals surface area contributed by atoms with Gasteiger partial charge in [-0.2, -0.15) is 0 Å². The summed E-state index contributed by atoms with van der Waals surface area (Å²) in [5.74, 6) is -0.853. The molecule has 2 aromatic rings. The SMILES string of the molecule is COc1cc(/C=C/C(=O)CC(=O)/C=C/c2ccc(OC(=O)C(C)[NH3+])c(OC)c2)ccc1OC(=O)C(C)N. The molecule has 0 aromatic heterocycles. The molecule has 0 fully saturated rings. The van der Waals surface area contributed by atoms with Gasteiger partial charge >= 0.3 is 11.9 Å². The zero-order valence-electron chi connectivity index (χ0n) is 21.2. The number of carbonyl (C=O) groups is 4. The number of hydrogen-bond acceptors (Lipinski definition) is 9. The van der Waals surface area contributed by atoms with E-state index in [1.807, 2.05) is 0 Å². The van der Waals surface area contributed by atoms with Crippen LogP contribution < -0.4 is 30.4 Å². The van der Waals surface area contributed by atoms with Gasteiger partial charge in [-0.05, 0) is 61.4 Å². The quantitative estimate of drug-likeness (QED) is 0.187. The van der Waals surface area contributed by atoms with Gasteiger partial charge in [0.15, 0.2) is 40.6 Å². The lowest BCUT2D eigenvalue weighted by Crippen LogP contribution is -2.64. The first-order valence-electron chi connectivity index (χ1n) is 11.3. The fourth-order valence-corrected chi connectivity index (χ4v) is 2.82. The molecule has 0 bridgehead atoms. The maximum atomic E-state index is 12.3. The van der Waals surface area contributed by atoms with Crippen LogP contribution in [0.25, 0.3) is 12.2 Å². The van der Waals surface area contributed by atoms with E-state index in [2.05, 4.69) is 5.73 Å². The molecule has 5 N–H and O–H groups in total. The normalized spacial score (nSPS) is 12.7. The minimum absolute atomic E-state index is 0.202. The Morgan fingerprint density at radius 3 is 1.59 bits per heavy atom. The molecule has 0 amide bonds. The highest BCUT2D eigenvalue weighted by Crippen LogP contribution is 2.30. The minimum Gasteiger partial charge on any atom is -0.493 e. The first-order chi connectivity index (χ1) is 17.5. The molecule has 0 spiro atoms. The molecule has 2 unspecified atom stereocenters. The summed E-state index contributed by atoms with van der Waals surface area (Å²) in [6.07, 6.45) is 5.29. The molecule has 10 nitrogen and oxygen atoms in total. The summed E-state index contributed by atoms with van der Waals surface area (Å²) in [4.78, 5) is 48.0. The zero-order valence-corrected chi connectivity index (χ0v) is 21.2. The van der Waals surface area contributed by atoms with Crippen LogP contribution in [0, 0.1) is 0 Å². The van der Waals surface area contributed by atoms with Crippen molar-refractivity contribution in [2.24, 2.45) is 5.73 Å². The summed E-state index contributed by atoms with van der Waals surface area (Å²) >= 11 is 0. The monoisotopic (exact) mass is 511 g/mol. The van der Waals surface area contributed by atoms with E-state index in [4.69, 9.17) is 24.7 Å². The molecular formula is C27H31N2O8+. The Balaban J connectivity index is 2.00. The zero-order chi connectivity index (χ0) is 27.5. The molecule has 0 radical (unpaired) electrons. The fourth-order valence-electron chi connectivity index (χ4n) is 2.82. The highest BCUT2D eigenvalue weighted by Gasteiger charge is 2.17. The van der Waals surface area contributed by atoms with Crippen molar-refractivity contribution in [3.63, 3.8) is 0 Å². The van der Waals surface area contributed by atoms with Gasteiger partial charge in [0.05, 0.1) is 20.6 Å². The lowest BCUT2D eigenvalue weighted by atomic mass is 10.1. The number of ether oxygens (including phenoxy) is 4. The van der Waals surface area contributed by atoms with Gasteiger partial charge in [-0.3, -0.25) is 9.59 Å². The molecule has 0 aliphatic rings. The second-order valence-corrected chi connectivity index (χ2v) is 8.13. The highest BCUT2D eigenvalue weighted by atomic mass is 16.6. The van der Waals surface area contributed by atoms with E-state index in [1.165, 1.54) is 51.5 Å². The van der Waals surface area contributed by atoms with Crippen molar-refractivity contribution < 1.29 is 43.9 Å². The van der Waals surface area contributed by atoms with Crippen molar-refractivity contribution in [2.45, 2.75) is 32.4 Å². The second-order valence-electron chi connectivity index (χ2n) is 8.13. The molecule has 0 saturated carbocycles. The standard InChI is InChI=1S/C27H30N2O8/c1-16(28)26(32)36-22-11-7-18(13-24(22)34-3)5-9-20(30)15-21(31)10-6-19-8-12-23(25(14-19)35-4)37-27(33)17(2)29/h5-14,16-17H,15,28-29H2,1-4H3/p+1/b9-5+,10-6+. The molecule has 2 atom stereocenters. The van der Waals surface area contributed by atoms with Gasteiger partial charge in [-0.25, -0.2) is 9.59 Å². The van der Waals surface area contributed by atoms with Crippen molar-refractivity contribution in [3.05, 3.63) is 59.7 Å². The van der Waals surface area contributed by atoms with Crippen LogP contribution in [-0.4, -0.2) is 49.8 Å². The summed E-state index contributed by atoms with van der Waals surface area (Å²) in [6, 6.07) is 8.20. The number of quaternary nitrogens is 1. The van der Waals surface area contributed by atoms with Crippen molar-refractivity contribution in [3.8, 4) is 23.0 Å². The second kappa shape index (κ2) is 13.7. The molecular weight excluding hydrogens is 480 g/mol. The van der Waals surface area contributed by atoms with Crippen molar-refractivity contribution >= 4 is 35.7 Å². The van der Waals surface area contributed by atoms with Crippen molar-refractivity contribution in [1.29, 1.82) is 0 Å². The van der Waals surface area contributed by atoms with Crippen LogP contribution >= 0.6 is 0 Å². The first kappa shape index (κ1) is 29.0. The van der Waals surface area contributed by atoms with Crippen LogP contribution in [0.15, 0.2) is 48.6 Å². The minimum atomic E-state index is -0.790. The third-order valence-electron chi connectivity index (χ3n) is 4.84. The Morgan fingerprint density at radius 1 is 0.784 bits per heavy atom. The Bertz CT molecular complexity index is 1120. The molecule has 196 valence electrons. The summed E-state index contributed by atoms with van der Waals surface area (Å²) in [5.41, 5.74) is 10.3. The van der Waals surface area contributed by atoms with Crippen molar-refractivity contribution in [1.82, 2.24) is 0 Å². The molecule has 0 aliphatic heterocycles. The lowest BCUT2D eigenvalue weighted by Gasteiger charge is -2.11. The Hall–Kier alpha value is -4.28. The number of allylic oxidation sites excluding steroid dienone is 2. The predicted molar refractivity (Wildman–Crippen MR) is 136 cm³/mol. The number of methoxy groups -OCH3 is 2. The highest BCUT2D eigenvalue weighted by molar-refractivity contribution is 6.10. The Morgan fingerprint density at radius 2 is 1.22 bits per heavy atom. The number of ketones is 2. The van der Waals surface area contributed by atoms with Gasteiger partial charge in [0.1, 0.15) is 6.04 Å². The summed E-state index contributed by atoms with van der Waals surface area (Å²) in [6.45, 7) is 3.12. The summed E-state index contributed by atoms with van der Waals surface area (Å²) < 4.78 is 20.9. The van der Waals surface area contributed by atoms with E-state index < -0.39 is 35.6 Å². The molecule has 0 heterocycles. The van der Waals surface area contributed by atoms with Crippen LogP contribution in [0.4, 0.5) is 0 Å². The van der Waals surface area contributed by atoms with E-state index >= 15 is 0 Å². The maximum absolute atomic E-state index is 12.3. The summed E-state index contributed by atoms with van der Waals surface area (Å²) in [7, 11) is 2.85. The summed E-state index contributed by atoms with van der Waals surface area (Å²) in [5, 5.41) is 0. The number of carbonyl (C=O) groups excluding carboxylic acids is 4. The van der Waals surface area contributed by atoms with Gasteiger partial charge < -0.3 is 30.4 Å². The number of nitrogens with two attached hydrogens (primary N) is 1. The van der Waals surface area contributed by atoms with Gasteiger partial charge in [0, 0.05) is 0 Å². The third kappa shape index (κ3) is 9.02. The molecule has 0 saturated heterocycles. The van der Waals surface area contributed by atoms with Crippen LogP contribution in [0.5, 0.6) is 23.0 Å². The van der Waals surface area contributed by atoms with Crippen LogP contribution in [0.2, 0.25) is 0 Å². The maximum Gasteiger partial charge on any atom is 0.369 e. The lowest BCUT2D eigenvalue weighted by molar-refractivity contribution is -0.401. The largest absolute Gasteiger partial charge is 0.493 e. The van der Waals surface area contributed by atoms with Crippen LogP contribution in [0.3, 0.4) is 0 Å². The topological polar surface area (TPSA) is 159 Å². The van der Waals surface area contributed by atoms with Crippen molar-refractivity contribution in [2.75, 3.05) is 14.2 Å². The number of benzene rings is 2. The fraction of sp³-hybridized carbons (Fsp3) is 0.259. The van der Waals surface area contributed by atoms with Gasteiger partial charge in [0.2, 0.25) is 0 Å². The smallest absolute Gasteiger partial charge is 0.369 e. The molecule has 0 aliphatic carbocycles. The van der Waals surface area contributed by atoms with Crippen LogP contribution in [-0.2, 0) is 19.2 Å². The Labute approximate surface area is 214 Å². The molecule has 37 heavy (non-hydrogen) atoms. The predicted octanol–water partition coefficient (Wildman–Crippen LogP) is 1.75. The molecule has 2 rings (SSSR count). The average Bonchev–Trinajstić information content (AvgIpc) is 2.87. The third-order valence-corrected chi connectivity index (χ3v) is 4.84. The number of esters is 2. The van der Waals surface area contributed by atoms with E-state index in [-0.39, 0.29) is 17.9 Å².